The van der Waals surface area contributed by atoms with Gasteiger partial charge in [0.15, 0.2) is 0 Å². The number of amides is 1. The lowest BCUT2D eigenvalue weighted by molar-refractivity contribution is -0.119. The zero-order valence-electron chi connectivity index (χ0n) is 11.2. The molecule has 0 radical (unpaired) electrons. The van der Waals surface area contributed by atoms with Crippen molar-refractivity contribution in [1.29, 1.82) is 0 Å². The van der Waals surface area contributed by atoms with E-state index in [-0.39, 0.29) is 17.7 Å². The second kappa shape index (κ2) is 4.54. The number of fused-ring (bicyclic) bond motifs is 1. The Balaban J connectivity index is 2.04. The Labute approximate surface area is 113 Å². The van der Waals surface area contributed by atoms with Crippen molar-refractivity contribution in [2.24, 2.45) is 0 Å². The minimum atomic E-state index is -0.0661. The molecule has 2 heteroatoms. The lowest BCUT2D eigenvalue weighted by Gasteiger charge is -2.19. The van der Waals surface area contributed by atoms with Crippen LogP contribution in [0.5, 0.6) is 0 Å². The second-order valence-electron chi connectivity index (χ2n) is 5.13. The van der Waals surface area contributed by atoms with Crippen LogP contribution in [0.2, 0.25) is 0 Å². The maximum Gasteiger partial charge on any atom is 0.234 e. The van der Waals surface area contributed by atoms with Crippen molar-refractivity contribution < 1.29 is 4.79 Å². The molecule has 96 valence electrons. The van der Waals surface area contributed by atoms with Gasteiger partial charge in [-0.15, -0.1) is 0 Å². The number of para-hydroxylation sites is 1. The fourth-order valence-corrected chi connectivity index (χ4v) is 2.95. The van der Waals surface area contributed by atoms with Gasteiger partial charge in [0.05, 0.1) is 5.92 Å². The van der Waals surface area contributed by atoms with Crippen LogP contribution in [0.25, 0.3) is 0 Å². The molecule has 2 nitrogen and oxygen atoms in total. The first-order valence-corrected chi connectivity index (χ1v) is 6.61. The highest BCUT2D eigenvalue weighted by Gasteiger charge is 2.38. The topological polar surface area (TPSA) is 20.3 Å². The quantitative estimate of drug-likeness (QED) is 0.799. The molecule has 2 aromatic rings. The molecule has 0 N–H and O–H groups in total. The number of rotatable bonds is 2. The first-order chi connectivity index (χ1) is 9.20. The summed E-state index contributed by atoms with van der Waals surface area (Å²) in [7, 11) is 1.86. The normalized spacial score (nSPS) is 19.4. The van der Waals surface area contributed by atoms with Crippen LogP contribution in [-0.2, 0) is 4.79 Å². The molecule has 1 amide bonds. The first kappa shape index (κ1) is 12.0. The van der Waals surface area contributed by atoms with Crippen molar-refractivity contribution in [3.05, 3.63) is 65.7 Å². The van der Waals surface area contributed by atoms with Gasteiger partial charge in [0.1, 0.15) is 0 Å². The van der Waals surface area contributed by atoms with Crippen molar-refractivity contribution in [1.82, 2.24) is 0 Å². The van der Waals surface area contributed by atoms with Crippen LogP contribution >= 0.6 is 0 Å². The van der Waals surface area contributed by atoms with E-state index >= 15 is 0 Å². The lowest BCUT2D eigenvalue weighted by atomic mass is 9.83. The molecule has 0 saturated heterocycles. The number of hydrogen-bond acceptors (Lipinski definition) is 1. The molecule has 2 atom stereocenters. The van der Waals surface area contributed by atoms with E-state index in [0.717, 1.165) is 11.3 Å². The Hall–Kier alpha value is -2.09. The van der Waals surface area contributed by atoms with E-state index in [2.05, 4.69) is 25.1 Å². The van der Waals surface area contributed by atoms with Crippen LogP contribution < -0.4 is 4.90 Å². The summed E-state index contributed by atoms with van der Waals surface area (Å²) >= 11 is 0. The largest absolute Gasteiger partial charge is 0.315 e. The van der Waals surface area contributed by atoms with E-state index < -0.39 is 0 Å². The van der Waals surface area contributed by atoms with Crippen LogP contribution in [0.3, 0.4) is 0 Å². The van der Waals surface area contributed by atoms with Crippen molar-refractivity contribution >= 4 is 11.6 Å². The molecule has 1 aliphatic heterocycles. The average molecular weight is 251 g/mol. The van der Waals surface area contributed by atoms with Crippen LogP contribution in [0.1, 0.15) is 29.9 Å². The van der Waals surface area contributed by atoms with Crippen molar-refractivity contribution in [3.8, 4) is 0 Å². The minimum absolute atomic E-state index is 0.0661. The van der Waals surface area contributed by atoms with E-state index in [0.29, 0.717) is 0 Å². The summed E-state index contributed by atoms with van der Waals surface area (Å²) in [6.07, 6.45) is 0. The van der Waals surface area contributed by atoms with Crippen LogP contribution in [-0.4, -0.2) is 13.0 Å². The van der Waals surface area contributed by atoms with E-state index in [1.165, 1.54) is 5.56 Å². The van der Waals surface area contributed by atoms with E-state index in [1.54, 1.807) is 4.90 Å². The Morgan fingerprint density at radius 2 is 1.63 bits per heavy atom. The Morgan fingerprint density at radius 1 is 1.00 bits per heavy atom. The van der Waals surface area contributed by atoms with Gasteiger partial charge in [-0.2, -0.15) is 0 Å². The van der Waals surface area contributed by atoms with Crippen molar-refractivity contribution in [2.75, 3.05) is 11.9 Å². The molecule has 19 heavy (non-hydrogen) atoms. The molecule has 0 fully saturated rings. The van der Waals surface area contributed by atoms with Gasteiger partial charge in [0, 0.05) is 12.7 Å². The summed E-state index contributed by atoms with van der Waals surface area (Å²) in [6, 6.07) is 18.3. The number of nitrogens with zero attached hydrogens (tertiary/aromatic N) is 1. The maximum atomic E-state index is 12.5. The highest BCUT2D eigenvalue weighted by Crippen LogP contribution is 2.43. The van der Waals surface area contributed by atoms with Gasteiger partial charge in [-0.05, 0) is 23.1 Å². The van der Waals surface area contributed by atoms with Gasteiger partial charge in [0.25, 0.3) is 0 Å². The molecule has 0 bridgehead atoms. The minimum Gasteiger partial charge on any atom is -0.315 e. The summed E-state index contributed by atoms with van der Waals surface area (Å²) in [5, 5.41) is 0. The lowest BCUT2D eigenvalue weighted by Crippen LogP contribution is -2.26. The SMILES string of the molecule is C[C@H](c1ccccc1)[C@H]1C(=O)N(C)c2ccccc21. The third kappa shape index (κ3) is 1.84. The van der Waals surface area contributed by atoms with Gasteiger partial charge in [0.2, 0.25) is 5.91 Å². The number of hydrogen-bond donors (Lipinski definition) is 0. The Morgan fingerprint density at radius 3 is 2.37 bits per heavy atom. The zero-order chi connectivity index (χ0) is 13.4. The molecule has 2 aromatic carbocycles. The summed E-state index contributed by atoms with van der Waals surface area (Å²) in [5.41, 5.74) is 3.40. The standard InChI is InChI=1S/C17H17NO/c1-12(13-8-4-3-5-9-13)16-14-10-6-7-11-15(14)18(2)17(16)19/h3-12,16H,1-2H3/t12-,16-/m1/s1. The van der Waals surface area contributed by atoms with Gasteiger partial charge in [-0.25, -0.2) is 0 Å². The predicted molar refractivity (Wildman–Crippen MR) is 77.5 cm³/mol. The van der Waals surface area contributed by atoms with E-state index in [4.69, 9.17) is 0 Å². The Kier molecular flexibility index (Phi) is 2.86. The summed E-state index contributed by atoms with van der Waals surface area (Å²) in [5.74, 6) is 0.320. The Bertz CT molecular complexity index is 606. The number of carbonyl (C=O) groups excluding carboxylic acids is 1. The smallest absolute Gasteiger partial charge is 0.234 e. The van der Waals surface area contributed by atoms with Crippen LogP contribution in [0.15, 0.2) is 54.6 Å². The monoisotopic (exact) mass is 251 g/mol. The fourth-order valence-electron chi connectivity index (χ4n) is 2.95. The molecular weight excluding hydrogens is 234 g/mol. The third-order valence-corrected chi connectivity index (χ3v) is 4.06. The van der Waals surface area contributed by atoms with Crippen LogP contribution in [0.4, 0.5) is 5.69 Å². The molecule has 1 aliphatic rings. The van der Waals surface area contributed by atoms with Gasteiger partial charge < -0.3 is 4.90 Å². The molecule has 0 unspecified atom stereocenters. The average Bonchev–Trinajstić information content (AvgIpc) is 2.72. The zero-order valence-corrected chi connectivity index (χ0v) is 11.2. The first-order valence-electron chi connectivity index (χ1n) is 6.61. The predicted octanol–water partition coefficient (Wildman–Crippen LogP) is 3.55. The van der Waals surface area contributed by atoms with Crippen molar-refractivity contribution in [3.63, 3.8) is 0 Å². The van der Waals surface area contributed by atoms with E-state index in [9.17, 15) is 4.79 Å². The third-order valence-electron chi connectivity index (χ3n) is 4.06. The summed E-state index contributed by atoms with van der Waals surface area (Å²) < 4.78 is 0. The number of benzene rings is 2. The number of anilines is 1. The van der Waals surface area contributed by atoms with Crippen LogP contribution in [0, 0.1) is 0 Å². The molecule has 0 saturated carbocycles. The molecule has 0 aromatic heterocycles. The number of likely N-dealkylation sites (N-methyl/N-ethyl adjacent to an activating group) is 1. The highest BCUT2D eigenvalue weighted by atomic mass is 16.2. The highest BCUT2D eigenvalue weighted by molar-refractivity contribution is 6.05. The molecule has 3 rings (SSSR count). The second-order valence-corrected chi connectivity index (χ2v) is 5.13. The molecule has 0 spiro atoms. The van der Waals surface area contributed by atoms with Gasteiger partial charge >= 0.3 is 0 Å². The summed E-state index contributed by atoms with van der Waals surface area (Å²) in [6.45, 7) is 2.13. The molecular formula is C17H17NO. The van der Waals surface area contributed by atoms with E-state index in [1.807, 2.05) is 43.4 Å². The number of carbonyl (C=O) groups is 1. The summed E-state index contributed by atoms with van der Waals surface area (Å²) in [4.78, 5) is 14.3. The fraction of sp³-hybridized carbons (Fsp3) is 0.235. The molecule has 1 heterocycles. The van der Waals surface area contributed by atoms with Crippen molar-refractivity contribution in [2.45, 2.75) is 18.8 Å². The van der Waals surface area contributed by atoms with Gasteiger partial charge in [-0.3, -0.25) is 4.79 Å². The van der Waals surface area contributed by atoms with Gasteiger partial charge in [-0.1, -0.05) is 55.5 Å². The molecule has 0 aliphatic carbocycles. The maximum absolute atomic E-state index is 12.5.